The molecule has 1 saturated heterocycles. The van der Waals surface area contributed by atoms with Gasteiger partial charge >= 0.3 is 11.8 Å². The Hall–Kier alpha value is -3.68. The van der Waals surface area contributed by atoms with Gasteiger partial charge in [-0.2, -0.15) is 4.39 Å². The maximum atomic E-state index is 15.4. The van der Waals surface area contributed by atoms with Gasteiger partial charge in [0.05, 0.1) is 11.0 Å². The average Bonchev–Trinajstić information content (AvgIpc) is 2.98. The van der Waals surface area contributed by atoms with Gasteiger partial charge in [-0.15, -0.1) is 0 Å². The van der Waals surface area contributed by atoms with Crippen LogP contribution in [-0.4, -0.2) is 72.9 Å². The van der Waals surface area contributed by atoms with E-state index >= 15 is 8.78 Å². The molecule has 3 aromatic carbocycles. The van der Waals surface area contributed by atoms with Gasteiger partial charge in [0.15, 0.2) is 0 Å². The van der Waals surface area contributed by atoms with E-state index in [1.807, 2.05) is 36.4 Å². The lowest BCUT2D eigenvalue weighted by Gasteiger charge is -2.45. The van der Waals surface area contributed by atoms with E-state index in [0.29, 0.717) is 6.07 Å². The predicted molar refractivity (Wildman–Crippen MR) is 182 cm³/mol. The normalized spacial score (nSPS) is 15.8. The molecule has 1 atom stereocenters. The van der Waals surface area contributed by atoms with Gasteiger partial charge in [-0.3, -0.25) is 14.9 Å². The number of hydrogen-bond donors (Lipinski definition) is 0. The molecule has 2 amide bonds. The van der Waals surface area contributed by atoms with Gasteiger partial charge in [-0.1, -0.05) is 81.4 Å². The molecule has 0 bridgehead atoms. The standard InChI is InChI=1S/C34H40BrF2N3O6Si/c1-33(2,3)46-32(42)38-18-19-39(31(41)28-27(36)21-26(35)30(29(28)37)40(43)44)23(22-38)17-20-45-47(34(4,5)6,24-13-9-7-10-14-24)25-15-11-8-12-16-25/h7-16,21,23H,17-20,22H2,1-6H3/t23-/m0/s1. The van der Waals surface area contributed by atoms with Gasteiger partial charge in [-0.25, -0.2) is 9.18 Å². The number of rotatable bonds is 8. The van der Waals surface area contributed by atoms with Crippen molar-refractivity contribution in [1.82, 2.24) is 9.80 Å². The van der Waals surface area contributed by atoms with E-state index in [-0.39, 0.29) is 37.7 Å². The second-order valence-corrected chi connectivity index (χ2v) is 18.7. The summed E-state index contributed by atoms with van der Waals surface area (Å²) in [5.74, 6) is -3.85. The maximum absolute atomic E-state index is 15.4. The number of nitro groups is 1. The minimum atomic E-state index is -2.97. The predicted octanol–water partition coefficient (Wildman–Crippen LogP) is 6.66. The summed E-state index contributed by atoms with van der Waals surface area (Å²) in [6, 6.07) is 19.9. The van der Waals surface area contributed by atoms with Crippen molar-refractivity contribution < 1.29 is 32.5 Å². The van der Waals surface area contributed by atoms with Crippen LogP contribution in [0, 0.1) is 21.7 Å². The fourth-order valence-corrected chi connectivity index (χ4v) is 11.2. The monoisotopic (exact) mass is 731 g/mol. The third-order valence-electron chi connectivity index (χ3n) is 8.12. The SMILES string of the molecule is CC(C)(C)OC(=O)N1CCN(C(=O)c2c(F)cc(Br)c([N+](=O)[O-])c2F)[C@@H](CCO[Si](c2ccccc2)(c2ccccc2)C(C)(C)C)C1. The van der Waals surface area contributed by atoms with Crippen molar-refractivity contribution in [3.8, 4) is 0 Å². The number of amides is 2. The van der Waals surface area contributed by atoms with E-state index < -0.39 is 64.2 Å². The van der Waals surface area contributed by atoms with E-state index in [2.05, 4.69) is 61.0 Å². The topological polar surface area (TPSA) is 102 Å². The van der Waals surface area contributed by atoms with Crippen molar-refractivity contribution in [3.05, 3.63) is 98.5 Å². The number of nitrogens with zero attached hydrogens (tertiary/aromatic N) is 3. The first-order valence-electron chi connectivity index (χ1n) is 15.3. The Morgan fingerprint density at radius 3 is 2.02 bits per heavy atom. The van der Waals surface area contributed by atoms with Crippen molar-refractivity contribution in [1.29, 1.82) is 0 Å². The molecule has 0 unspecified atom stereocenters. The number of nitro benzene ring substituents is 1. The molecule has 0 saturated carbocycles. The molecule has 1 aliphatic heterocycles. The summed E-state index contributed by atoms with van der Waals surface area (Å²) in [6.45, 7) is 11.7. The number of benzene rings is 3. The van der Waals surface area contributed by atoms with Crippen LogP contribution in [0.3, 0.4) is 0 Å². The fourth-order valence-electron chi connectivity index (χ4n) is 6.06. The Bertz CT molecular complexity index is 1580. The minimum Gasteiger partial charge on any atom is -0.444 e. The summed E-state index contributed by atoms with van der Waals surface area (Å²) in [5.41, 5.74) is -2.83. The molecule has 252 valence electrons. The van der Waals surface area contributed by atoms with Crippen LogP contribution >= 0.6 is 15.9 Å². The molecule has 1 fully saturated rings. The molecule has 1 aliphatic rings. The summed E-state index contributed by atoms with van der Waals surface area (Å²) in [5, 5.41) is 13.3. The molecular formula is C34H40BrF2N3O6Si. The lowest BCUT2D eigenvalue weighted by Crippen LogP contribution is -2.67. The summed E-state index contributed by atoms with van der Waals surface area (Å²) < 4.78 is 42.7. The Balaban J connectivity index is 1.72. The van der Waals surface area contributed by atoms with Gasteiger partial charge in [0.25, 0.3) is 14.2 Å². The summed E-state index contributed by atoms with van der Waals surface area (Å²) in [7, 11) is -2.97. The molecule has 13 heteroatoms. The van der Waals surface area contributed by atoms with Crippen LogP contribution in [0.25, 0.3) is 0 Å². The third-order valence-corrected chi connectivity index (χ3v) is 13.8. The highest BCUT2D eigenvalue weighted by Crippen LogP contribution is 2.37. The van der Waals surface area contributed by atoms with E-state index in [9.17, 15) is 19.7 Å². The van der Waals surface area contributed by atoms with Gasteiger partial charge in [0.1, 0.15) is 21.5 Å². The number of piperazine rings is 1. The summed E-state index contributed by atoms with van der Waals surface area (Å²) >= 11 is 2.83. The molecular weight excluding hydrogens is 692 g/mol. The van der Waals surface area contributed by atoms with Crippen LogP contribution < -0.4 is 10.4 Å². The molecule has 0 radical (unpaired) electrons. The zero-order valence-corrected chi connectivity index (χ0v) is 30.0. The fraction of sp³-hybridized carbons (Fsp3) is 0.412. The highest BCUT2D eigenvalue weighted by Gasteiger charge is 2.50. The number of carbonyl (C=O) groups excluding carboxylic acids is 2. The number of hydrogen-bond acceptors (Lipinski definition) is 6. The quantitative estimate of drug-likeness (QED) is 0.146. The van der Waals surface area contributed by atoms with Gasteiger partial charge < -0.3 is 19.0 Å². The molecule has 0 aliphatic carbocycles. The Labute approximate surface area is 283 Å². The lowest BCUT2D eigenvalue weighted by molar-refractivity contribution is -0.388. The number of ether oxygens (including phenoxy) is 1. The largest absolute Gasteiger partial charge is 0.444 e. The third kappa shape index (κ3) is 7.73. The second-order valence-electron chi connectivity index (χ2n) is 13.5. The van der Waals surface area contributed by atoms with Crippen LogP contribution in [0.4, 0.5) is 19.3 Å². The molecule has 47 heavy (non-hydrogen) atoms. The minimum absolute atomic E-state index is 0.00657. The van der Waals surface area contributed by atoms with E-state index in [0.717, 1.165) is 10.4 Å². The van der Waals surface area contributed by atoms with Crippen molar-refractivity contribution in [2.45, 2.75) is 64.6 Å². The highest BCUT2D eigenvalue weighted by molar-refractivity contribution is 9.10. The lowest BCUT2D eigenvalue weighted by atomic mass is 10.1. The highest BCUT2D eigenvalue weighted by atomic mass is 79.9. The zero-order valence-electron chi connectivity index (χ0n) is 27.4. The first-order chi connectivity index (χ1) is 22.0. The van der Waals surface area contributed by atoms with Crippen molar-refractivity contribution in [3.63, 3.8) is 0 Å². The molecule has 3 aromatic rings. The van der Waals surface area contributed by atoms with Crippen LogP contribution in [0.15, 0.2) is 71.2 Å². The molecule has 1 heterocycles. The van der Waals surface area contributed by atoms with Crippen molar-refractivity contribution in [2.24, 2.45) is 0 Å². The van der Waals surface area contributed by atoms with E-state index in [1.165, 1.54) is 9.80 Å². The molecule has 0 spiro atoms. The number of halogens is 3. The smallest absolute Gasteiger partial charge is 0.410 e. The summed E-state index contributed by atoms with van der Waals surface area (Å²) in [4.78, 5) is 40.2. The van der Waals surface area contributed by atoms with Gasteiger partial charge in [0, 0.05) is 26.2 Å². The van der Waals surface area contributed by atoms with Crippen LogP contribution in [0.1, 0.15) is 58.3 Å². The van der Waals surface area contributed by atoms with Crippen molar-refractivity contribution in [2.75, 3.05) is 26.2 Å². The molecule has 4 rings (SSSR count). The Kier molecular flexibility index (Phi) is 10.9. The molecule has 0 N–H and O–H groups in total. The van der Waals surface area contributed by atoms with Gasteiger partial charge in [0.2, 0.25) is 5.82 Å². The second kappa shape index (κ2) is 14.2. The molecule has 9 nitrogen and oxygen atoms in total. The Morgan fingerprint density at radius 1 is 0.979 bits per heavy atom. The summed E-state index contributed by atoms with van der Waals surface area (Å²) in [6.07, 6.45) is -0.378. The number of carbonyl (C=O) groups is 2. The average molecular weight is 733 g/mol. The van der Waals surface area contributed by atoms with Crippen LogP contribution in [-0.2, 0) is 9.16 Å². The Morgan fingerprint density at radius 2 is 1.53 bits per heavy atom. The first-order valence-corrected chi connectivity index (χ1v) is 18.0. The van der Waals surface area contributed by atoms with Gasteiger partial charge in [-0.05, 0) is 64.6 Å². The van der Waals surface area contributed by atoms with Crippen LogP contribution in [0.5, 0.6) is 0 Å². The first kappa shape index (κ1) is 36.2. The zero-order chi connectivity index (χ0) is 34.7. The molecule has 0 aromatic heterocycles. The van der Waals surface area contributed by atoms with E-state index in [4.69, 9.17) is 9.16 Å². The van der Waals surface area contributed by atoms with Crippen molar-refractivity contribution >= 4 is 52.3 Å². The van der Waals surface area contributed by atoms with Crippen LogP contribution in [0.2, 0.25) is 5.04 Å². The van der Waals surface area contributed by atoms with E-state index in [1.54, 1.807) is 20.8 Å². The maximum Gasteiger partial charge on any atom is 0.410 e.